The molecule has 4 nitrogen and oxygen atoms in total. The minimum absolute atomic E-state index is 0.0820. The predicted molar refractivity (Wildman–Crippen MR) is 77.1 cm³/mol. The van der Waals surface area contributed by atoms with Gasteiger partial charge < -0.3 is 10.1 Å². The van der Waals surface area contributed by atoms with Crippen LogP contribution in [0.3, 0.4) is 0 Å². The van der Waals surface area contributed by atoms with Crippen molar-refractivity contribution in [2.45, 2.75) is 25.8 Å². The number of benzene rings is 1. The summed E-state index contributed by atoms with van der Waals surface area (Å²) >= 11 is 0. The maximum absolute atomic E-state index is 11.7. The molecule has 1 aromatic carbocycles. The molecule has 106 valence electrons. The van der Waals surface area contributed by atoms with Gasteiger partial charge in [-0.1, -0.05) is 12.1 Å². The maximum Gasteiger partial charge on any atom is 0.337 e. The van der Waals surface area contributed by atoms with Crippen LogP contribution in [0.2, 0.25) is 0 Å². The van der Waals surface area contributed by atoms with E-state index in [-0.39, 0.29) is 17.9 Å². The zero-order valence-corrected chi connectivity index (χ0v) is 11.8. The number of carbonyl (C=O) groups excluding carboxylic acids is 2. The maximum atomic E-state index is 11.7. The molecular weight excluding hydrogens is 254 g/mol. The first-order valence-corrected chi connectivity index (χ1v) is 6.77. The predicted octanol–water partition coefficient (Wildman–Crippen LogP) is 2.40. The first kappa shape index (κ1) is 14.3. The third-order valence-electron chi connectivity index (χ3n) is 3.46. The molecule has 0 bridgehead atoms. The van der Waals surface area contributed by atoms with Gasteiger partial charge in [0.25, 0.3) is 0 Å². The van der Waals surface area contributed by atoms with Crippen LogP contribution in [0.4, 0.5) is 0 Å². The van der Waals surface area contributed by atoms with E-state index in [0.29, 0.717) is 11.5 Å². The first-order chi connectivity index (χ1) is 9.60. The Balaban J connectivity index is 1.89. The van der Waals surface area contributed by atoms with E-state index in [2.05, 4.69) is 10.1 Å². The molecule has 0 heterocycles. The molecule has 1 aromatic rings. The number of methoxy groups -OCH3 is 1. The summed E-state index contributed by atoms with van der Waals surface area (Å²) in [5, 5.41) is 2.95. The summed E-state index contributed by atoms with van der Waals surface area (Å²) in [6.07, 6.45) is 5.67. The highest BCUT2D eigenvalue weighted by molar-refractivity contribution is 5.92. The number of nitrogens with one attached hydrogen (secondary N) is 1. The zero-order valence-electron chi connectivity index (χ0n) is 11.8. The van der Waals surface area contributed by atoms with Crippen LogP contribution < -0.4 is 5.32 Å². The molecule has 1 N–H and O–H groups in total. The molecule has 0 aliphatic heterocycles. The van der Waals surface area contributed by atoms with E-state index < -0.39 is 0 Å². The zero-order chi connectivity index (χ0) is 14.5. The van der Waals surface area contributed by atoms with Crippen molar-refractivity contribution < 1.29 is 14.3 Å². The van der Waals surface area contributed by atoms with E-state index in [1.807, 2.05) is 6.92 Å². The van der Waals surface area contributed by atoms with Gasteiger partial charge in [0.15, 0.2) is 0 Å². The largest absolute Gasteiger partial charge is 0.465 e. The number of rotatable bonds is 5. The van der Waals surface area contributed by atoms with Gasteiger partial charge >= 0.3 is 5.97 Å². The summed E-state index contributed by atoms with van der Waals surface area (Å²) < 4.78 is 4.63. The number of carbonyl (C=O) groups is 2. The second-order valence-corrected chi connectivity index (χ2v) is 5.08. The molecule has 1 atom stereocenters. The Morgan fingerprint density at radius 2 is 1.95 bits per heavy atom. The lowest BCUT2D eigenvalue weighted by molar-refractivity contribution is -0.117. The standard InChI is InChI=1S/C16H19NO3/c1-11(13-8-9-13)17-15(18)10-5-12-3-6-14(7-4-12)16(19)20-2/h3-7,10-11,13H,8-9H2,1-2H3,(H,17,18)/b10-5+/t11-/m1/s1. The number of ether oxygens (including phenoxy) is 1. The van der Waals surface area contributed by atoms with Gasteiger partial charge in [0.05, 0.1) is 12.7 Å². The van der Waals surface area contributed by atoms with Crippen molar-refractivity contribution in [1.29, 1.82) is 0 Å². The third-order valence-corrected chi connectivity index (χ3v) is 3.46. The second-order valence-electron chi connectivity index (χ2n) is 5.08. The summed E-state index contributed by atoms with van der Waals surface area (Å²) in [4.78, 5) is 23.0. The van der Waals surface area contributed by atoms with Crippen LogP contribution in [0.1, 0.15) is 35.7 Å². The van der Waals surface area contributed by atoms with E-state index in [1.165, 1.54) is 26.0 Å². The minimum atomic E-state index is -0.364. The van der Waals surface area contributed by atoms with Crippen molar-refractivity contribution in [1.82, 2.24) is 5.32 Å². The van der Waals surface area contributed by atoms with Crippen LogP contribution in [0.5, 0.6) is 0 Å². The minimum Gasteiger partial charge on any atom is -0.465 e. The van der Waals surface area contributed by atoms with Crippen LogP contribution in [-0.4, -0.2) is 25.0 Å². The Morgan fingerprint density at radius 3 is 2.50 bits per heavy atom. The number of amides is 1. The van der Waals surface area contributed by atoms with E-state index in [4.69, 9.17) is 0 Å². The van der Waals surface area contributed by atoms with Gasteiger partial charge in [-0.2, -0.15) is 0 Å². The molecule has 0 aromatic heterocycles. The smallest absolute Gasteiger partial charge is 0.337 e. The van der Waals surface area contributed by atoms with Crippen LogP contribution in [0.15, 0.2) is 30.3 Å². The van der Waals surface area contributed by atoms with Gasteiger partial charge in [-0.3, -0.25) is 4.79 Å². The molecule has 0 spiro atoms. The Labute approximate surface area is 118 Å². The van der Waals surface area contributed by atoms with Gasteiger partial charge in [-0.15, -0.1) is 0 Å². The van der Waals surface area contributed by atoms with Gasteiger partial charge in [-0.25, -0.2) is 4.79 Å². The molecule has 0 unspecified atom stereocenters. The van der Waals surface area contributed by atoms with Gasteiger partial charge in [-0.05, 0) is 49.5 Å². The molecule has 2 rings (SSSR count). The number of esters is 1. The molecule has 0 saturated heterocycles. The van der Waals surface area contributed by atoms with Gasteiger partial charge in [0.2, 0.25) is 5.91 Å². The summed E-state index contributed by atoms with van der Waals surface area (Å²) in [5.74, 6) is 0.199. The van der Waals surface area contributed by atoms with Crippen molar-refractivity contribution in [3.8, 4) is 0 Å². The normalized spacial score (nSPS) is 15.9. The number of hydrogen-bond acceptors (Lipinski definition) is 3. The summed E-state index contributed by atoms with van der Waals surface area (Å²) in [6.45, 7) is 2.04. The molecule has 1 saturated carbocycles. The molecule has 1 fully saturated rings. The molecule has 1 aliphatic carbocycles. The topological polar surface area (TPSA) is 55.4 Å². The van der Waals surface area contributed by atoms with E-state index in [9.17, 15) is 9.59 Å². The average Bonchev–Trinajstić information content (AvgIpc) is 3.29. The third kappa shape index (κ3) is 3.95. The van der Waals surface area contributed by atoms with E-state index in [1.54, 1.807) is 30.3 Å². The Hall–Kier alpha value is -2.10. The quantitative estimate of drug-likeness (QED) is 0.662. The SMILES string of the molecule is COC(=O)c1ccc(/C=C/C(=O)N[C@H](C)C2CC2)cc1. The van der Waals surface area contributed by atoms with Crippen LogP contribution in [0.25, 0.3) is 6.08 Å². The lowest BCUT2D eigenvalue weighted by atomic mass is 10.1. The lowest BCUT2D eigenvalue weighted by Crippen LogP contribution is -2.32. The van der Waals surface area contributed by atoms with E-state index >= 15 is 0 Å². The van der Waals surface area contributed by atoms with Crippen molar-refractivity contribution in [3.63, 3.8) is 0 Å². The van der Waals surface area contributed by atoms with Gasteiger partial charge in [0.1, 0.15) is 0 Å². The fourth-order valence-electron chi connectivity index (χ4n) is 2.01. The Bertz CT molecular complexity index is 515. The van der Waals surface area contributed by atoms with Crippen molar-refractivity contribution in [2.24, 2.45) is 5.92 Å². The molecule has 0 radical (unpaired) electrons. The molecular formula is C16H19NO3. The lowest BCUT2D eigenvalue weighted by Gasteiger charge is -2.10. The summed E-state index contributed by atoms with van der Waals surface area (Å²) in [7, 11) is 1.35. The first-order valence-electron chi connectivity index (χ1n) is 6.77. The highest BCUT2D eigenvalue weighted by Gasteiger charge is 2.28. The molecule has 4 heteroatoms. The van der Waals surface area contributed by atoms with Crippen molar-refractivity contribution in [2.75, 3.05) is 7.11 Å². The fraction of sp³-hybridized carbons (Fsp3) is 0.375. The Morgan fingerprint density at radius 1 is 1.30 bits per heavy atom. The van der Waals surface area contributed by atoms with E-state index in [0.717, 1.165) is 5.56 Å². The van der Waals surface area contributed by atoms with Crippen molar-refractivity contribution in [3.05, 3.63) is 41.5 Å². The summed E-state index contributed by atoms with van der Waals surface area (Å²) in [5.41, 5.74) is 1.36. The average molecular weight is 273 g/mol. The molecule has 20 heavy (non-hydrogen) atoms. The van der Waals surface area contributed by atoms with Gasteiger partial charge in [0, 0.05) is 12.1 Å². The highest BCUT2D eigenvalue weighted by Crippen LogP contribution is 2.32. The molecule has 1 aliphatic rings. The fourth-order valence-corrected chi connectivity index (χ4v) is 2.01. The highest BCUT2D eigenvalue weighted by atomic mass is 16.5. The summed E-state index contributed by atoms with van der Waals surface area (Å²) in [6, 6.07) is 7.15. The monoisotopic (exact) mass is 273 g/mol. The second kappa shape index (κ2) is 6.37. The molecule has 1 amide bonds. The number of hydrogen-bond donors (Lipinski definition) is 1. The Kier molecular flexibility index (Phi) is 4.56. The van der Waals surface area contributed by atoms with Crippen molar-refractivity contribution >= 4 is 18.0 Å². The van der Waals surface area contributed by atoms with Crippen LogP contribution >= 0.6 is 0 Å². The van der Waals surface area contributed by atoms with Crippen LogP contribution in [0, 0.1) is 5.92 Å². The van der Waals surface area contributed by atoms with Crippen LogP contribution in [-0.2, 0) is 9.53 Å².